The smallest absolute Gasteiger partial charge is 0.230 e. The Kier molecular flexibility index (Phi) is 3.25. The summed E-state index contributed by atoms with van der Waals surface area (Å²) in [6.07, 6.45) is 0.507. The van der Waals surface area contributed by atoms with Gasteiger partial charge in [0.2, 0.25) is 5.91 Å². The van der Waals surface area contributed by atoms with Crippen molar-refractivity contribution in [3.8, 4) is 0 Å². The van der Waals surface area contributed by atoms with Crippen LogP contribution in [0.15, 0.2) is 24.3 Å². The number of ketones is 1. The Bertz CT molecular complexity index is 431. The van der Waals surface area contributed by atoms with Gasteiger partial charge in [0.1, 0.15) is 5.78 Å². The van der Waals surface area contributed by atoms with Crippen molar-refractivity contribution in [3.05, 3.63) is 34.9 Å². The van der Waals surface area contributed by atoms with E-state index in [1.54, 1.807) is 11.0 Å². The summed E-state index contributed by atoms with van der Waals surface area (Å²) in [5.74, 6) is -0.0523. The fraction of sp³-hybridized carbons (Fsp3) is 0.333. The van der Waals surface area contributed by atoms with Gasteiger partial charge >= 0.3 is 0 Å². The van der Waals surface area contributed by atoms with Crippen molar-refractivity contribution >= 4 is 23.3 Å². The van der Waals surface area contributed by atoms with E-state index < -0.39 is 0 Å². The van der Waals surface area contributed by atoms with Crippen LogP contribution in [-0.2, 0) is 16.1 Å². The molecule has 1 heterocycles. The number of carbonyl (C=O) groups excluding carboxylic acids is 2. The zero-order valence-corrected chi connectivity index (χ0v) is 9.54. The van der Waals surface area contributed by atoms with Crippen LogP contribution in [0.2, 0.25) is 5.02 Å². The van der Waals surface area contributed by atoms with Crippen LogP contribution in [-0.4, -0.2) is 23.1 Å². The minimum atomic E-state index is -0.0868. The summed E-state index contributed by atoms with van der Waals surface area (Å²) in [5, 5.41) is 0.665. The Morgan fingerprint density at radius 2 is 2.12 bits per heavy atom. The summed E-state index contributed by atoms with van der Waals surface area (Å²) < 4.78 is 0. The summed E-state index contributed by atoms with van der Waals surface area (Å²) in [4.78, 5) is 24.3. The van der Waals surface area contributed by atoms with E-state index in [1.165, 1.54) is 0 Å². The Morgan fingerprint density at radius 1 is 1.31 bits per heavy atom. The molecule has 0 radical (unpaired) electrons. The SMILES string of the molecule is O=C1CCN(Cc2cccc(Cl)c2)C(=O)C1. The predicted octanol–water partition coefficient (Wildman–Crippen LogP) is 2.03. The van der Waals surface area contributed by atoms with E-state index in [-0.39, 0.29) is 18.1 Å². The molecule has 0 atom stereocenters. The molecule has 2 rings (SSSR count). The summed E-state index contributed by atoms with van der Waals surface area (Å²) >= 11 is 5.86. The molecule has 3 nitrogen and oxygen atoms in total. The maximum Gasteiger partial charge on any atom is 0.230 e. The third-order valence-electron chi connectivity index (χ3n) is 2.62. The zero-order chi connectivity index (χ0) is 11.5. The van der Waals surface area contributed by atoms with Gasteiger partial charge in [-0.1, -0.05) is 23.7 Å². The highest BCUT2D eigenvalue weighted by molar-refractivity contribution is 6.30. The monoisotopic (exact) mass is 237 g/mol. The van der Waals surface area contributed by atoms with Gasteiger partial charge in [-0.15, -0.1) is 0 Å². The van der Waals surface area contributed by atoms with Crippen LogP contribution >= 0.6 is 11.6 Å². The molecule has 0 N–H and O–H groups in total. The molecular weight excluding hydrogens is 226 g/mol. The van der Waals surface area contributed by atoms with E-state index in [1.807, 2.05) is 18.2 Å². The second kappa shape index (κ2) is 4.66. The van der Waals surface area contributed by atoms with Crippen molar-refractivity contribution in [2.24, 2.45) is 0 Å². The van der Waals surface area contributed by atoms with E-state index in [2.05, 4.69) is 0 Å². The maximum atomic E-state index is 11.6. The minimum Gasteiger partial charge on any atom is -0.338 e. The highest BCUT2D eigenvalue weighted by Crippen LogP contribution is 2.15. The molecule has 16 heavy (non-hydrogen) atoms. The Hall–Kier alpha value is -1.35. The van der Waals surface area contributed by atoms with Crippen LogP contribution < -0.4 is 0 Å². The van der Waals surface area contributed by atoms with E-state index in [0.717, 1.165) is 5.56 Å². The molecule has 0 saturated carbocycles. The average Bonchev–Trinajstić information content (AvgIpc) is 2.22. The van der Waals surface area contributed by atoms with Crippen molar-refractivity contribution in [2.45, 2.75) is 19.4 Å². The average molecular weight is 238 g/mol. The van der Waals surface area contributed by atoms with E-state index in [4.69, 9.17) is 11.6 Å². The van der Waals surface area contributed by atoms with Crippen molar-refractivity contribution in [3.63, 3.8) is 0 Å². The highest BCUT2D eigenvalue weighted by atomic mass is 35.5. The van der Waals surface area contributed by atoms with Gasteiger partial charge in [-0.2, -0.15) is 0 Å². The number of piperidine rings is 1. The summed E-state index contributed by atoms with van der Waals surface area (Å²) in [5.41, 5.74) is 0.996. The minimum absolute atomic E-state index is 0.0346. The number of hydrogen-bond donors (Lipinski definition) is 0. The summed E-state index contributed by atoms with van der Waals surface area (Å²) in [7, 11) is 0. The van der Waals surface area contributed by atoms with Gasteiger partial charge in [-0.3, -0.25) is 9.59 Å². The van der Waals surface area contributed by atoms with Gasteiger partial charge < -0.3 is 4.90 Å². The lowest BCUT2D eigenvalue weighted by atomic mass is 10.1. The van der Waals surface area contributed by atoms with Crippen LogP contribution in [0.5, 0.6) is 0 Å². The lowest BCUT2D eigenvalue weighted by Crippen LogP contribution is -2.38. The lowest BCUT2D eigenvalue weighted by Gasteiger charge is -2.26. The van der Waals surface area contributed by atoms with Crippen LogP contribution in [0.4, 0.5) is 0 Å². The van der Waals surface area contributed by atoms with E-state index in [9.17, 15) is 9.59 Å². The molecule has 0 bridgehead atoms. The largest absolute Gasteiger partial charge is 0.338 e. The second-order valence-electron chi connectivity index (χ2n) is 3.91. The number of rotatable bonds is 2. The van der Waals surface area contributed by atoms with Gasteiger partial charge in [-0.25, -0.2) is 0 Å². The summed E-state index contributed by atoms with van der Waals surface area (Å²) in [6.45, 7) is 1.05. The van der Waals surface area contributed by atoms with Crippen LogP contribution in [0, 0.1) is 0 Å². The molecule has 0 aromatic heterocycles. The van der Waals surface area contributed by atoms with Crippen LogP contribution in [0.1, 0.15) is 18.4 Å². The van der Waals surface area contributed by atoms with E-state index >= 15 is 0 Å². The normalized spacial score (nSPS) is 16.7. The Labute approximate surface area is 99.0 Å². The lowest BCUT2D eigenvalue weighted by molar-refractivity contribution is -0.139. The van der Waals surface area contributed by atoms with Crippen molar-refractivity contribution in [1.29, 1.82) is 0 Å². The van der Waals surface area contributed by atoms with Crippen molar-refractivity contribution < 1.29 is 9.59 Å². The molecule has 1 aromatic rings. The van der Waals surface area contributed by atoms with Gasteiger partial charge in [0.25, 0.3) is 0 Å². The molecular formula is C12H12ClNO2. The number of halogens is 1. The first kappa shape index (κ1) is 11.1. The Morgan fingerprint density at radius 3 is 2.81 bits per heavy atom. The summed E-state index contributed by atoms with van der Waals surface area (Å²) in [6, 6.07) is 7.42. The Balaban J connectivity index is 2.05. The van der Waals surface area contributed by atoms with Gasteiger partial charge in [0.05, 0.1) is 6.42 Å². The standard InChI is InChI=1S/C12H12ClNO2/c13-10-3-1-2-9(6-10)8-14-5-4-11(15)7-12(14)16/h1-3,6H,4-5,7-8H2. The predicted molar refractivity (Wildman–Crippen MR) is 61.1 cm³/mol. The molecule has 1 saturated heterocycles. The number of hydrogen-bond acceptors (Lipinski definition) is 2. The third-order valence-corrected chi connectivity index (χ3v) is 2.86. The number of Topliss-reactive ketones (excluding diaryl/α,β-unsaturated/α-hetero) is 1. The van der Waals surface area contributed by atoms with Crippen molar-refractivity contribution in [1.82, 2.24) is 4.90 Å². The van der Waals surface area contributed by atoms with Crippen LogP contribution in [0.3, 0.4) is 0 Å². The molecule has 1 aromatic carbocycles. The third kappa shape index (κ3) is 2.61. The number of nitrogens with zero attached hydrogens (tertiary/aromatic N) is 1. The molecule has 0 spiro atoms. The van der Waals surface area contributed by atoms with Gasteiger partial charge in [-0.05, 0) is 17.7 Å². The fourth-order valence-electron chi connectivity index (χ4n) is 1.78. The van der Waals surface area contributed by atoms with Gasteiger partial charge in [0.15, 0.2) is 0 Å². The molecule has 4 heteroatoms. The molecule has 1 amide bonds. The van der Waals surface area contributed by atoms with E-state index in [0.29, 0.717) is 24.5 Å². The molecule has 0 aliphatic carbocycles. The number of likely N-dealkylation sites (tertiary alicyclic amines) is 1. The van der Waals surface area contributed by atoms with Crippen LogP contribution in [0.25, 0.3) is 0 Å². The number of amides is 1. The highest BCUT2D eigenvalue weighted by Gasteiger charge is 2.23. The van der Waals surface area contributed by atoms with Crippen molar-refractivity contribution in [2.75, 3.05) is 6.54 Å². The fourth-order valence-corrected chi connectivity index (χ4v) is 1.99. The zero-order valence-electron chi connectivity index (χ0n) is 8.78. The molecule has 1 aliphatic rings. The molecule has 84 valence electrons. The first-order chi connectivity index (χ1) is 7.65. The molecule has 0 unspecified atom stereocenters. The second-order valence-corrected chi connectivity index (χ2v) is 4.35. The number of carbonyl (C=O) groups is 2. The first-order valence-corrected chi connectivity index (χ1v) is 5.57. The molecule has 1 aliphatic heterocycles. The molecule has 1 fully saturated rings. The van der Waals surface area contributed by atoms with Gasteiger partial charge in [0, 0.05) is 24.5 Å². The number of benzene rings is 1. The first-order valence-electron chi connectivity index (χ1n) is 5.19. The quantitative estimate of drug-likeness (QED) is 0.738. The topological polar surface area (TPSA) is 37.4 Å². The maximum absolute atomic E-state index is 11.6.